The third-order valence-corrected chi connectivity index (χ3v) is 9.23. The van der Waals surface area contributed by atoms with E-state index in [0.717, 1.165) is 29.9 Å². The molecule has 0 aromatic rings. The number of allylic oxidation sites excluding steroid dienone is 3. The molecule has 0 aromatic carbocycles. The molecule has 1 spiro atoms. The molecule has 1 unspecified atom stereocenters. The van der Waals surface area contributed by atoms with Crippen molar-refractivity contribution in [2.45, 2.75) is 109 Å². The second-order valence-electron chi connectivity index (χ2n) is 11.7. The zero-order chi connectivity index (χ0) is 21.7. The lowest BCUT2D eigenvalue weighted by Crippen LogP contribution is -2.35. The van der Waals surface area contributed by atoms with E-state index in [9.17, 15) is 15.3 Å². The minimum atomic E-state index is -0.610. The molecule has 0 aliphatic heterocycles. The van der Waals surface area contributed by atoms with E-state index in [4.69, 9.17) is 0 Å². The zero-order valence-corrected chi connectivity index (χ0v) is 19.3. The summed E-state index contributed by atoms with van der Waals surface area (Å²) in [5, 5.41) is 30.2. The van der Waals surface area contributed by atoms with Gasteiger partial charge in [-0.1, -0.05) is 37.6 Å². The maximum Gasteiger partial charge on any atom is 0.0811 e. The molecular formula is C27H42O3. The summed E-state index contributed by atoms with van der Waals surface area (Å²) in [4.78, 5) is 0. The van der Waals surface area contributed by atoms with Crippen LogP contribution in [0.2, 0.25) is 0 Å². The third-order valence-electron chi connectivity index (χ3n) is 9.23. The van der Waals surface area contributed by atoms with Crippen LogP contribution in [0.25, 0.3) is 0 Å². The van der Waals surface area contributed by atoms with Crippen molar-refractivity contribution in [1.29, 1.82) is 0 Å². The standard InChI is InChI=1S/C27H42O3/c1-18-20(15-22(28)16-24(18)29)10-9-19-7-5-13-26(4)23(19)11-14-27(26)17-21(27)8-6-12-25(2,3)30/h9-10,21-24,28-30H,1,5-8,11-17H2,2-4H3/b19-9+,20-10+/t21?,22-,23+,24+,26+,27+/m1/s1. The maximum absolute atomic E-state index is 10.1. The molecule has 0 radical (unpaired) electrons. The van der Waals surface area contributed by atoms with Gasteiger partial charge in [-0.05, 0) is 105 Å². The predicted molar refractivity (Wildman–Crippen MR) is 122 cm³/mol. The molecule has 3 heteroatoms. The summed E-state index contributed by atoms with van der Waals surface area (Å²) in [6.07, 6.45) is 15.6. The van der Waals surface area contributed by atoms with Crippen LogP contribution in [0, 0.1) is 22.7 Å². The second-order valence-corrected chi connectivity index (χ2v) is 11.7. The lowest BCUT2D eigenvalue weighted by Gasteiger charge is -2.43. The lowest BCUT2D eigenvalue weighted by atomic mass is 9.61. The van der Waals surface area contributed by atoms with Gasteiger partial charge >= 0.3 is 0 Å². The van der Waals surface area contributed by atoms with E-state index in [1.807, 2.05) is 13.8 Å². The summed E-state index contributed by atoms with van der Waals surface area (Å²) in [7, 11) is 0. The van der Waals surface area contributed by atoms with Gasteiger partial charge in [-0.3, -0.25) is 0 Å². The number of aliphatic hydroxyl groups is 3. The molecule has 0 saturated heterocycles. The SMILES string of the molecule is C=C1/C(=C/C=C2\CCC[C@@]3(C)[C@H]2CC[C@@]32CC2CCCC(C)(C)O)C[C@@H](O)C[C@@H]1O. The molecule has 4 fully saturated rings. The molecule has 4 aliphatic rings. The van der Waals surface area contributed by atoms with Crippen LogP contribution in [0.1, 0.15) is 91.4 Å². The van der Waals surface area contributed by atoms with Gasteiger partial charge in [0.1, 0.15) is 0 Å². The summed E-state index contributed by atoms with van der Waals surface area (Å²) in [6, 6.07) is 0. The van der Waals surface area contributed by atoms with Crippen LogP contribution in [0.3, 0.4) is 0 Å². The highest BCUT2D eigenvalue weighted by atomic mass is 16.3. The molecule has 3 N–H and O–H groups in total. The summed E-state index contributed by atoms with van der Waals surface area (Å²) >= 11 is 0. The Morgan fingerprint density at radius 1 is 1.20 bits per heavy atom. The molecule has 0 heterocycles. The van der Waals surface area contributed by atoms with E-state index in [1.54, 1.807) is 5.57 Å². The molecule has 4 aliphatic carbocycles. The van der Waals surface area contributed by atoms with Gasteiger partial charge in [0.05, 0.1) is 17.8 Å². The summed E-state index contributed by atoms with van der Waals surface area (Å²) < 4.78 is 0. The highest BCUT2D eigenvalue weighted by Gasteiger charge is 2.69. The summed E-state index contributed by atoms with van der Waals surface area (Å²) in [6.45, 7) is 10.5. The average Bonchev–Trinajstić information content (AvgIpc) is 3.27. The molecule has 0 aromatic heterocycles. The topological polar surface area (TPSA) is 60.7 Å². The number of aliphatic hydroxyl groups excluding tert-OH is 2. The minimum absolute atomic E-state index is 0.408. The predicted octanol–water partition coefficient (Wildman–Crippen LogP) is 5.46. The molecule has 4 rings (SSSR count). The van der Waals surface area contributed by atoms with Gasteiger partial charge in [-0.15, -0.1) is 0 Å². The highest BCUT2D eigenvalue weighted by Crippen LogP contribution is 2.77. The monoisotopic (exact) mass is 414 g/mol. The maximum atomic E-state index is 10.1. The Labute approximate surface area is 183 Å². The van der Waals surface area contributed by atoms with Crippen molar-refractivity contribution in [3.8, 4) is 0 Å². The number of hydrogen-bond donors (Lipinski definition) is 3. The quantitative estimate of drug-likeness (QED) is 0.560. The van der Waals surface area contributed by atoms with E-state index < -0.39 is 17.8 Å². The minimum Gasteiger partial charge on any atom is -0.393 e. The first kappa shape index (κ1) is 22.3. The van der Waals surface area contributed by atoms with Crippen LogP contribution < -0.4 is 0 Å². The molecule has 6 atom stereocenters. The van der Waals surface area contributed by atoms with E-state index >= 15 is 0 Å². The molecular weight excluding hydrogens is 372 g/mol. The van der Waals surface area contributed by atoms with Crippen LogP contribution in [-0.2, 0) is 0 Å². The first-order valence-electron chi connectivity index (χ1n) is 12.2. The summed E-state index contributed by atoms with van der Waals surface area (Å²) in [5.74, 6) is 1.52. The first-order chi connectivity index (χ1) is 14.1. The van der Waals surface area contributed by atoms with Gasteiger partial charge < -0.3 is 15.3 Å². The highest BCUT2D eigenvalue weighted by molar-refractivity contribution is 5.39. The van der Waals surface area contributed by atoms with Crippen LogP contribution >= 0.6 is 0 Å². The fourth-order valence-corrected chi connectivity index (χ4v) is 7.42. The van der Waals surface area contributed by atoms with Crippen molar-refractivity contribution in [3.63, 3.8) is 0 Å². The van der Waals surface area contributed by atoms with E-state index in [0.29, 0.717) is 29.6 Å². The van der Waals surface area contributed by atoms with Gasteiger partial charge in [0.2, 0.25) is 0 Å². The van der Waals surface area contributed by atoms with E-state index in [2.05, 4.69) is 25.7 Å². The van der Waals surface area contributed by atoms with Crippen molar-refractivity contribution in [3.05, 3.63) is 35.5 Å². The lowest BCUT2D eigenvalue weighted by molar-refractivity contribution is 0.0653. The Bertz CT molecular complexity index is 742. The number of fused-ring (bicyclic) bond motifs is 2. The Hall–Kier alpha value is -0.900. The number of hydrogen-bond acceptors (Lipinski definition) is 3. The van der Waals surface area contributed by atoms with E-state index in [-0.39, 0.29) is 0 Å². The van der Waals surface area contributed by atoms with Crippen LogP contribution in [-0.4, -0.2) is 33.1 Å². The third kappa shape index (κ3) is 3.98. The van der Waals surface area contributed by atoms with Crippen molar-refractivity contribution in [1.82, 2.24) is 0 Å². The first-order valence-corrected chi connectivity index (χ1v) is 12.2. The van der Waals surface area contributed by atoms with Crippen LogP contribution in [0.5, 0.6) is 0 Å². The molecule has 4 saturated carbocycles. The fraction of sp³-hybridized carbons (Fsp3) is 0.778. The van der Waals surface area contributed by atoms with Gasteiger partial charge in [0.15, 0.2) is 0 Å². The second kappa shape index (κ2) is 7.90. The largest absolute Gasteiger partial charge is 0.393 e. The smallest absolute Gasteiger partial charge is 0.0811 e. The fourth-order valence-electron chi connectivity index (χ4n) is 7.42. The normalized spacial score (nSPS) is 44.1. The molecule has 30 heavy (non-hydrogen) atoms. The van der Waals surface area contributed by atoms with Gasteiger partial charge in [-0.25, -0.2) is 0 Å². The van der Waals surface area contributed by atoms with Crippen molar-refractivity contribution in [2.24, 2.45) is 22.7 Å². The van der Waals surface area contributed by atoms with Crippen LogP contribution in [0.15, 0.2) is 35.5 Å². The zero-order valence-electron chi connectivity index (χ0n) is 19.3. The number of rotatable bonds is 5. The van der Waals surface area contributed by atoms with Crippen molar-refractivity contribution < 1.29 is 15.3 Å². The van der Waals surface area contributed by atoms with Gasteiger partial charge in [0, 0.05) is 6.42 Å². The average molecular weight is 415 g/mol. The Morgan fingerprint density at radius 3 is 2.70 bits per heavy atom. The molecule has 0 bridgehead atoms. The Morgan fingerprint density at radius 2 is 1.97 bits per heavy atom. The molecule has 0 amide bonds. The van der Waals surface area contributed by atoms with Crippen molar-refractivity contribution in [2.75, 3.05) is 0 Å². The summed E-state index contributed by atoms with van der Waals surface area (Å²) in [5.41, 5.74) is 3.79. The Kier molecular flexibility index (Phi) is 5.87. The Balaban J connectivity index is 1.46. The van der Waals surface area contributed by atoms with Gasteiger partial charge in [0.25, 0.3) is 0 Å². The van der Waals surface area contributed by atoms with Crippen LogP contribution in [0.4, 0.5) is 0 Å². The van der Waals surface area contributed by atoms with E-state index in [1.165, 1.54) is 44.9 Å². The van der Waals surface area contributed by atoms with Gasteiger partial charge in [-0.2, -0.15) is 0 Å². The molecule has 168 valence electrons. The van der Waals surface area contributed by atoms with Crippen molar-refractivity contribution >= 4 is 0 Å². The molecule has 3 nitrogen and oxygen atoms in total.